The molecule has 1 N–H and O–H groups in total. The smallest absolute Gasteiger partial charge is 0.283 e. The van der Waals surface area contributed by atoms with Crippen molar-refractivity contribution < 1.29 is 10.0 Å². The van der Waals surface area contributed by atoms with Gasteiger partial charge >= 0.3 is 0 Å². The topological polar surface area (TPSA) is 63.4 Å². The lowest BCUT2D eigenvalue weighted by molar-refractivity contribution is -0.385. The van der Waals surface area contributed by atoms with E-state index in [1.807, 2.05) is 0 Å². The molecule has 0 aromatic heterocycles. The molecular formula is C9H9BrNO3. The van der Waals surface area contributed by atoms with Crippen LogP contribution in [0.3, 0.4) is 0 Å². The Morgan fingerprint density at radius 2 is 2.29 bits per heavy atom. The first-order valence-electron chi connectivity index (χ1n) is 3.94. The molecule has 0 aliphatic carbocycles. The van der Waals surface area contributed by atoms with Crippen molar-refractivity contribution in [2.75, 3.05) is 6.61 Å². The van der Waals surface area contributed by atoms with Crippen LogP contribution in [0.15, 0.2) is 22.7 Å². The fourth-order valence-electron chi connectivity index (χ4n) is 1.01. The van der Waals surface area contributed by atoms with Crippen LogP contribution in [0, 0.1) is 16.0 Å². The number of halogens is 1. The van der Waals surface area contributed by atoms with E-state index in [0.717, 1.165) is 0 Å². The predicted molar refractivity (Wildman–Crippen MR) is 55.9 cm³/mol. The van der Waals surface area contributed by atoms with Gasteiger partial charge in [0.1, 0.15) is 0 Å². The molecule has 0 saturated carbocycles. The molecule has 5 heteroatoms. The molecule has 0 saturated heterocycles. The predicted octanol–water partition coefficient (Wildman–Crippen LogP) is 2.29. The average Bonchev–Trinajstić information content (AvgIpc) is 2.17. The number of nitro benzene ring substituents is 1. The number of nitro groups is 1. The molecule has 0 fully saturated rings. The first kappa shape index (κ1) is 11.1. The molecule has 0 atom stereocenters. The van der Waals surface area contributed by atoms with Crippen LogP contribution in [-0.2, 0) is 0 Å². The van der Waals surface area contributed by atoms with Gasteiger partial charge < -0.3 is 5.11 Å². The molecule has 0 amide bonds. The fourth-order valence-corrected chi connectivity index (χ4v) is 1.40. The highest BCUT2D eigenvalue weighted by atomic mass is 79.9. The van der Waals surface area contributed by atoms with Gasteiger partial charge in [0.25, 0.3) is 5.69 Å². The second-order valence-electron chi connectivity index (χ2n) is 2.86. The van der Waals surface area contributed by atoms with Crippen LogP contribution >= 0.6 is 15.9 Å². The Bertz CT molecular complexity index is 354. The zero-order valence-corrected chi connectivity index (χ0v) is 9.11. The maximum atomic E-state index is 10.6. The van der Waals surface area contributed by atoms with Crippen molar-refractivity contribution in [1.29, 1.82) is 0 Å². The van der Waals surface area contributed by atoms with E-state index >= 15 is 0 Å². The number of hydrogen-bond donors (Lipinski definition) is 1. The minimum absolute atomic E-state index is 0.00954. The molecule has 14 heavy (non-hydrogen) atoms. The molecule has 0 spiro atoms. The Hall–Kier alpha value is -0.940. The molecule has 0 aliphatic rings. The van der Waals surface area contributed by atoms with Gasteiger partial charge in [0, 0.05) is 12.0 Å². The third-order valence-electron chi connectivity index (χ3n) is 1.87. The Kier molecular flexibility index (Phi) is 3.60. The Balaban J connectivity index is 3.12. The van der Waals surface area contributed by atoms with Gasteiger partial charge in [0.2, 0.25) is 0 Å². The van der Waals surface area contributed by atoms with Gasteiger partial charge in [-0.1, -0.05) is 13.0 Å². The van der Waals surface area contributed by atoms with Crippen LogP contribution < -0.4 is 0 Å². The second kappa shape index (κ2) is 4.52. The highest BCUT2D eigenvalue weighted by Crippen LogP contribution is 2.28. The molecule has 4 nitrogen and oxygen atoms in total. The summed E-state index contributed by atoms with van der Waals surface area (Å²) < 4.78 is 0.442. The minimum atomic E-state index is -0.460. The van der Waals surface area contributed by atoms with E-state index in [2.05, 4.69) is 15.9 Å². The molecule has 1 rings (SSSR count). The van der Waals surface area contributed by atoms with Crippen LogP contribution in [0.4, 0.5) is 5.69 Å². The van der Waals surface area contributed by atoms with Crippen LogP contribution in [0.2, 0.25) is 0 Å². The lowest BCUT2D eigenvalue weighted by Gasteiger charge is -2.07. The van der Waals surface area contributed by atoms with Gasteiger partial charge in [-0.25, -0.2) is 0 Å². The normalized spacial score (nSPS) is 10.6. The van der Waals surface area contributed by atoms with Crippen molar-refractivity contribution in [2.24, 2.45) is 0 Å². The van der Waals surface area contributed by atoms with E-state index in [1.165, 1.54) is 6.07 Å². The number of benzene rings is 1. The summed E-state index contributed by atoms with van der Waals surface area (Å²) in [6.45, 7) is 1.63. The maximum Gasteiger partial charge on any atom is 0.283 e. The second-order valence-corrected chi connectivity index (χ2v) is 3.72. The van der Waals surface area contributed by atoms with Crippen LogP contribution in [0.1, 0.15) is 12.5 Å². The first-order valence-corrected chi connectivity index (χ1v) is 4.73. The summed E-state index contributed by atoms with van der Waals surface area (Å²) in [5.74, 6) is 0.709. The molecule has 0 unspecified atom stereocenters. The van der Waals surface area contributed by atoms with E-state index in [9.17, 15) is 10.1 Å². The highest BCUT2D eigenvalue weighted by molar-refractivity contribution is 9.10. The highest BCUT2D eigenvalue weighted by Gasteiger charge is 2.14. The van der Waals surface area contributed by atoms with Gasteiger partial charge in [-0.05, 0) is 27.6 Å². The Morgan fingerprint density at radius 3 is 2.79 bits per heavy atom. The monoisotopic (exact) mass is 258 g/mol. The quantitative estimate of drug-likeness (QED) is 0.669. The largest absolute Gasteiger partial charge is 0.395 e. The third kappa shape index (κ3) is 2.30. The summed E-state index contributed by atoms with van der Waals surface area (Å²) in [5, 5.41) is 19.5. The van der Waals surface area contributed by atoms with Crippen molar-refractivity contribution in [3.63, 3.8) is 0 Å². The Morgan fingerprint density at radius 1 is 1.64 bits per heavy atom. The van der Waals surface area contributed by atoms with Gasteiger partial charge in [0.15, 0.2) is 0 Å². The van der Waals surface area contributed by atoms with Crippen molar-refractivity contribution in [2.45, 2.75) is 6.92 Å². The van der Waals surface area contributed by atoms with Crippen LogP contribution in [0.5, 0.6) is 0 Å². The van der Waals surface area contributed by atoms with Gasteiger partial charge in [0.05, 0.1) is 16.0 Å². The van der Waals surface area contributed by atoms with Crippen molar-refractivity contribution in [1.82, 2.24) is 0 Å². The number of aliphatic hydroxyl groups is 1. The van der Waals surface area contributed by atoms with E-state index in [4.69, 9.17) is 5.11 Å². The minimum Gasteiger partial charge on any atom is -0.395 e. The van der Waals surface area contributed by atoms with Gasteiger partial charge in [-0.3, -0.25) is 10.1 Å². The molecule has 1 radical (unpaired) electrons. The summed E-state index contributed by atoms with van der Waals surface area (Å²) in [4.78, 5) is 10.1. The first-order chi connectivity index (χ1) is 6.56. The summed E-state index contributed by atoms with van der Waals surface area (Å²) in [6.07, 6.45) is 0. The average molecular weight is 259 g/mol. The van der Waals surface area contributed by atoms with Crippen molar-refractivity contribution in [3.05, 3.63) is 44.3 Å². The molecule has 0 heterocycles. The summed E-state index contributed by atoms with van der Waals surface area (Å²) >= 11 is 3.09. The zero-order valence-electron chi connectivity index (χ0n) is 7.53. The molecule has 0 bridgehead atoms. The number of aliphatic hydroxyl groups excluding tert-OH is 1. The summed E-state index contributed by atoms with van der Waals surface area (Å²) in [5.41, 5.74) is 0.692. The third-order valence-corrected chi connectivity index (χ3v) is 2.54. The molecular weight excluding hydrogens is 250 g/mol. The molecule has 1 aromatic rings. The fraction of sp³-hybridized carbons (Fsp3) is 0.222. The SMILES string of the molecule is C[C](CO)c1ccc(Br)c([N+](=O)[O-])c1. The number of nitrogens with zero attached hydrogens (tertiary/aromatic N) is 1. The molecule has 1 aromatic carbocycles. The van der Waals surface area contributed by atoms with E-state index in [-0.39, 0.29) is 12.3 Å². The lowest BCUT2D eigenvalue weighted by atomic mass is 10.0. The standard InChI is InChI=1S/C9H9BrNO3/c1-6(5-12)7-2-3-8(10)9(4-7)11(13)14/h2-4,12H,5H2,1H3. The van der Waals surface area contributed by atoms with Gasteiger partial charge in [-0.2, -0.15) is 0 Å². The summed E-state index contributed by atoms with van der Waals surface area (Å²) in [7, 11) is 0. The molecule has 75 valence electrons. The van der Waals surface area contributed by atoms with Crippen LogP contribution in [-0.4, -0.2) is 16.6 Å². The molecule has 0 aliphatic heterocycles. The zero-order chi connectivity index (χ0) is 10.7. The lowest BCUT2D eigenvalue weighted by Crippen LogP contribution is -2.01. The van der Waals surface area contributed by atoms with Crippen LogP contribution in [0.25, 0.3) is 0 Å². The Labute approximate surface area is 89.8 Å². The van der Waals surface area contributed by atoms with Crippen molar-refractivity contribution in [3.8, 4) is 0 Å². The van der Waals surface area contributed by atoms with E-state index in [1.54, 1.807) is 19.1 Å². The number of rotatable bonds is 3. The maximum absolute atomic E-state index is 10.6. The summed E-state index contributed by atoms with van der Waals surface area (Å²) in [6, 6.07) is 4.77. The number of hydrogen-bond acceptors (Lipinski definition) is 3. The van der Waals surface area contributed by atoms with E-state index in [0.29, 0.717) is 16.0 Å². The van der Waals surface area contributed by atoms with Gasteiger partial charge in [-0.15, -0.1) is 0 Å². The van der Waals surface area contributed by atoms with E-state index < -0.39 is 4.92 Å². The van der Waals surface area contributed by atoms with Crippen molar-refractivity contribution >= 4 is 21.6 Å².